The van der Waals surface area contributed by atoms with Gasteiger partial charge in [-0.15, -0.1) is 0 Å². The van der Waals surface area contributed by atoms with Gasteiger partial charge in [-0.3, -0.25) is 0 Å². The molecule has 0 spiro atoms. The molecule has 0 fully saturated rings. The predicted octanol–water partition coefficient (Wildman–Crippen LogP) is 9.59. The van der Waals surface area contributed by atoms with Crippen LogP contribution in [0.4, 0.5) is 0 Å². The van der Waals surface area contributed by atoms with Crippen LogP contribution in [0.3, 0.4) is 0 Å². The Kier molecular flexibility index (Phi) is 9.28. The van der Waals surface area contributed by atoms with Gasteiger partial charge in [-0.25, -0.2) is 0 Å². The van der Waals surface area contributed by atoms with Gasteiger partial charge < -0.3 is 0 Å². The third-order valence-corrected chi connectivity index (χ3v) is 8.94. The second-order valence-electron chi connectivity index (χ2n) is 9.08. The predicted molar refractivity (Wildman–Crippen MR) is 167 cm³/mol. The average molecular weight is 677 g/mol. The first kappa shape index (κ1) is 28.1. The third-order valence-electron chi connectivity index (χ3n) is 5.98. The molecule has 6 rings (SSSR count). The molecule has 0 amide bonds. The van der Waals surface area contributed by atoms with Gasteiger partial charge in [0.25, 0.3) is 0 Å². The van der Waals surface area contributed by atoms with E-state index in [2.05, 4.69) is 0 Å². The fourth-order valence-electron chi connectivity index (χ4n) is 3.97. The minimum absolute atomic E-state index is 0.497. The molecule has 0 bridgehead atoms. The van der Waals surface area contributed by atoms with E-state index in [-0.39, 0.29) is 0 Å². The molecule has 0 heterocycles. The Morgan fingerprint density at radius 3 is 0.767 bits per heavy atom. The molecule has 212 valence electrons. The maximum absolute atomic E-state index is 6.54. The van der Waals surface area contributed by atoms with Crippen LogP contribution in [0, 0.1) is 0 Å². The summed E-state index contributed by atoms with van der Waals surface area (Å²) in [6.07, 6.45) is 0. The van der Waals surface area contributed by atoms with Gasteiger partial charge in [-0.2, -0.15) is 0 Å². The van der Waals surface area contributed by atoms with E-state index in [9.17, 15) is 0 Å². The van der Waals surface area contributed by atoms with Crippen LogP contribution >= 0.6 is 0 Å². The SMILES string of the molecule is c1ccc(Oc2ccccc2[O][Sb]([O]c2ccccc2Oc2ccccc2)[O]c2ccccc2Oc2ccccc2)cc1. The summed E-state index contributed by atoms with van der Waals surface area (Å²) in [5.41, 5.74) is 0. The Balaban J connectivity index is 1.32. The van der Waals surface area contributed by atoms with E-state index in [0.717, 1.165) is 0 Å². The first-order valence-corrected chi connectivity index (χ1v) is 16.7. The van der Waals surface area contributed by atoms with Gasteiger partial charge in [-0.1, -0.05) is 0 Å². The van der Waals surface area contributed by atoms with Crippen LogP contribution in [0.25, 0.3) is 0 Å². The number of rotatable bonds is 12. The molecule has 0 aliphatic carbocycles. The van der Waals surface area contributed by atoms with Crippen LogP contribution in [-0.4, -0.2) is 21.5 Å². The summed E-state index contributed by atoms with van der Waals surface area (Å²) in [4.78, 5) is 0. The van der Waals surface area contributed by atoms with Crippen molar-refractivity contribution in [1.29, 1.82) is 0 Å². The molecule has 0 unspecified atom stereocenters. The molecule has 0 radical (unpaired) electrons. The number of hydrogen-bond donors (Lipinski definition) is 0. The van der Waals surface area contributed by atoms with Crippen LogP contribution < -0.4 is 23.3 Å². The van der Waals surface area contributed by atoms with Gasteiger partial charge in [0.05, 0.1) is 0 Å². The van der Waals surface area contributed by atoms with Crippen molar-refractivity contribution in [2.45, 2.75) is 0 Å². The molecule has 0 saturated heterocycles. The number of benzene rings is 6. The summed E-state index contributed by atoms with van der Waals surface area (Å²) in [5, 5.41) is 0. The summed E-state index contributed by atoms with van der Waals surface area (Å²) in [7, 11) is 0. The summed E-state index contributed by atoms with van der Waals surface area (Å²) in [6.45, 7) is 0. The summed E-state index contributed by atoms with van der Waals surface area (Å²) < 4.78 is 38.1. The van der Waals surface area contributed by atoms with E-state index >= 15 is 0 Å². The van der Waals surface area contributed by atoms with Crippen molar-refractivity contribution in [3.8, 4) is 51.7 Å². The van der Waals surface area contributed by atoms with Gasteiger partial charge in [-0.05, 0) is 0 Å². The fraction of sp³-hybridized carbons (Fsp3) is 0. The standard InChI is InChI=1S/3C12H10O2.Sb/c3*13-11-8-4-5-9-12(11)14-10-6-2-1-3-7-10;/h3*1-9,13H;/q;;;+3/p-3. The average Bonchev–Trinajstić information content (AvgIpc) is 3.05. The Morgan fingerprint density at radius 1 is 0.256 bits per heavy atom. The number of para-hydroxylation sites is 9. The summed E-state index contributed by atoms with van der Waals surface area (Å²) in [6, 6.07) is 51.0. The second kappa shape index (κ2) is 14.2. The van der Waals surface area contributed by atoms with E-state index in [4.69, 9.17) is 23.3 Å². The van der Waals surface area contributed by atoms with Crippen molar-refractivity contribution in [2.75, 3.05) is 0 Å². The van der Waals surface area contributed by atoms with E-state index in [1.165, 1.54) is 0 Å². The van der Waals surface area contributed by atoms with Gasteiger partial charge in [0.2, 0.25) is 0 Å². The second-order valence-corrected chi connectivity index (χ2v) is 11.9. The van der Waals surface area contributed by atoms with Crippen LogP contribution in [0.2, 0.25) is 0 Å². The van der Waals surface area contributed by atoms with Gasteiger partial charge in [0.1, 0.15) is 0 Å². The van der Waals surface area contributed by atoms with Crippen molar-refractivity contribution in [2.24, 2.45) is 0 Å². The van der Waals surface area contributed by atoms with Gasteiger partial charge >= 0.3 is 260 Å². The Labute approximate surface area is 259 Å². The first-order chi connectivity index (χ1) is 21.3. The zero-order valence-corrected chi connectivity index (χ0v) is 25.5. The molecule has 6 aromatic carbocycles. The van der Waals surface area contributed by atoms with Crippen LogP contribution in [-0.2, 0) is 0 Å². The quantitative estimate of drug-likeness (QED) is 0.120. The van der Waals surface area contributed by atoms with Gasteiger partial charge in [0.15, 0.2) is 0 Å². The Bertz CT molecular complexity index is 1520. The molecule has 0 aliphatic heterocycles. The van der Waals surface area contributed by atoms with Crippen molar-refractivity contribution in [3.05, 3.63) is 164 Å². The molecule has 7 heteroatoms. The third kappa shape index (κ3) is 7.82. The van der Waals surface area contributed by atoms with Crippen molar-refractivity contribution in [1.82, 2.24) is 0 Å². The molecular weight excluding hydrogens is 650 g/mol. The molecule has 0 aliphatic rings. The number of ether oxygens (including phenoxy) is 3. The Hall–Kier alpha value is -5.06. The summed E-state index contributed by atoms with van der Waals surface area (Å²) in [5.74, 6) is 5.17. The van der Waals surface area contributed by atoms with E-state index in [1.54, 1.807) is 0 Å². The van der Waals surface area contributed by atoms with Crippen molar-refractivity contribution < 1.29 is 23.3 Å². The molecule has 43 heavy (non-hydrogen) atoms. The Morgan fingerprint density at radius 2 is 0.488 bits per heavy atom. The first-order valence-electron chi connectivity index (χ1n) is 13.6. The molecule has 0 atom stereocenters. The minimum atomic E-state index is -3.64. The molecular formula is C36H27O6Sb. The van der Waals surface area contributed by atoms with E-state index < -0.39 is 21.5 Å². The molecule has 0 saturated carbocycles. The van der Waals surface area contributed by atoms with Crippen LogP contribution in [0.15, 0.2) is 164 Å². The monoisotopic (exact) mass is 676 g/mol. The fourth-order valence-corrected chi connectivity index (χ4v) is 6.96. The molecule has 0 aromatic heterocycles. The zero-order chi connectivity index (χ0) is 29.1. The zero-order valence-electron chi connectivity index (χ0n) is 23.0. The normalized spacial score (nSPS) is 10.5. The van der Waals surface area contributed by atoms with Gasteiger partial charge in [0, 0.05) is 0 Å². The molecule has 0 N–H and O–H groups in total. The van der Waals surface area contributed by atoms with Crippen LogP contribution in [0.1, 0.15) is 0 Å². The summed E-state index contributed by atoms with van der Waals surface area (Å²) >= 11 is -3.64. The van der Waals surface area contributed by atoms with E-state index in [0.29, 0.717) is 51.7 Å². The van der Waals surface area contributed by atoms with Crippen molar-refractivity contribution in [3.63, 3.8) is 0 Å². The molecule has 6 nitrogen and oxygen atoms in total. The number of hydrogen-bond acceptors (Lipinski definition) is 6. The topological polar surface area (TPSA) is 55.4 Å². The van der Waals surface area contributed by atoms with E-state index in [1.807, 2.05) is 164 Å². The van der Waals surface area contributed by atoms with Crippen molar-refractivity contribution >= 4 is 21.5 Å². The van der Waals surface area contributed by atoms with Crippen LogP contribution in [0.5, 0.6) is 51.7 Å². The molecule has 6 aromatic rings. The maximum atomic E-state index is 6.54.